The third-order valence-electron chi connectivity index (χ3n) is 2.73. The Morgan fingerprint density at radius 3 is 2.39 bits per heavy atom. The molecule has 0 bridgehead atoms. The van der Waals surface area contributed by atoms with Crippen molar-refractivity contribution in [2.45, 2.75) is 0 Å². The van der Waals surface area contributed by atoms with Crippen LogP contribution in [0.5, 0.6) is 5.75 Å². The van der Waals surface area contributed by atoms with Gasteiger partial charge in [0.1, 0.15) is 12.1 Å². The second-order valence-corrected chi connectivity index (χ2v) is 3.88. The van der Waals surface area contributed by atoms with Crippen LogP contribution in [0.3, 0.4) is 0 Å². The zero-order valence-corrected chi connectivity index (χ0v) is 9.56. The van der Waals surface area contributed by atoms with Gasteiger partial charge in [-0.3, -0.25) is 4.57 Å². The van der Waals surface area contributed by atoms with Crippen molar-refractivity contribution >= 4 is 0 Å². The Morgan fingerprint density at radius 1 is 0.889 bits per heavy atom. The average molecular weight is 237 g/mol. The zero-order chi connectivity index (χ0) is 12.4. The molecule has 0 saturated carbocycles. The minimum Gasteiger partial charge on any atom is -0.507 e. The molecule has 0 aliphatic carbocycles. The summed E-state index contributed by atoms with van der Waals surface area (Å²) in [5.74, 6) is 0.821. The Balaban J connectivity index is 2.16. The minimum absolute atomic E-state index is 0.197. The lowest BCUT2D eigenvalue weighted by Crippen LogP contribution is -1.95. The third-order valence-corrected chi connectivity index (χ3v) is 2.73. The third kappa shape index (κ3) is 1.73. The highest BCUT2D eigenvalue weighted by molar-refractivity contribution is 5.65. The summed E-state index contributed by atoms with van der Waals surface area (Å²) in [6, 6.07) is 16.9. The van der Waals surface area contributed by atoms with E-state index in [2.05, 4.69) is 10.2 Å². The quantitative estimate of drug-likeness (QED) is 0.745. The van der Waals surface area contributed by atoms with Crippen LogP contribution in [-0.4, -0.2) is 19.9 Å². The first-order valence-corrected chi connectivity index (χ1v) is 5.60. The van der Waals surface area contributed by atoms with Crippen LogP contribution >= 0.6 is 0 Å². The molecule has 0 aliphatic rings. The van der Waals surface area contributed by atoms with E-state index in [0.29, 0.717) is 11.4 Å². The topological polar surface area (TPSA) is 50.9 Å². The predicted octanol–water partition coefficient (Wildman–Crippen LogP) is 2.64. The summed E-state index contributed by atoms with van der Waals surface area (Å²) in [6.45, 7) is 0. The summed E-state index contributed by atoms with van der Waals surface area (Å²) in [5.41, 5.74) is 1.62. The molecule has 0 fully saturated rings. The second kappa shape index (κ2) is 4.33. The van der Waals surface area contributed by atoms with Crippen LogP contribution < -0.4 is 0 Å². The number of benzene rings is 2. The number of hydrogen-bond acceptors (Lipinski definition) is 3. The first kappa shape index (κ1) is 10.5. The molecule has 4 heteroatoms. The first-order valence-electron chi connectivity index (χ1n) is 5.60. The fraction of sp³-hybridized carbons (Fsp3) is 0. The molecule has 18 heavy (non-hydrogen) atoms. The van der Waals surface area contributed by atoms with Gasteiger partial charge in [0.2, 0.25) is 0 Å². The fourth-order valence-electron chi connectivity index (χ4n) is 1.86. The molecule has 88 valence electrons. The Bertz CT molecular complexity index is 662. The highest BCUT2D eigenvalue weighted by atomic mass is 16.3. The number of phenols is 1. The van der Waals surface area contributed by atoms with Crippen molar-refractivity contribution in [2.75, 3.05) is 0 Å². The van der Waals surface area contributed by atoms with E-state index >= 15 is 0 Å². The highest BCUT2D eigenvalue weighted by Gasteiger charge is 2.11. The SMILES string of the molecule is Oc1ccccc1-c1nncn1-c1ccccc1. The summed E-state index contributed by atoms with van der Waals surface area (Å²) in [5, 5.41) is 17.9. The molecule has 1 aromatic heterocycles. The summed E-state index contributed by atoms with van der Waals surface area (Å²) < 4.78 is 1.84. The molecule has 2 aromatic carbocycles. The summed E-state index contributed by atoms with van der Waals surface area (Å²) >= 11 is 0. The molecule has 0 amide bonds. The lowest BCUT2D eigenvalue weighted by atomic mass is 10.2. The molecule has 0 radical (unpaired) electrons. The molecule has 0 aliphatic heterocycles. The van der Waals surface area contributed by atoms with Gasteiger partial charge >= 0.3 is 0 Å². The number of hydrogen-bond donors (Lipinski definition) is 1. The van der Waals surface area contributed by atoms with Crippen LogP contribution in [0.4, 0.5) is 0 Å². The number of aromatic hydroxyl groups is 1. The van der Waals surface area contributed by atoms with E-state index in [9.17, 15) is 5.11 Å². The van der Waals surface area contributed by atoms with E-state index in [1.54, 1.807) is 18.5 Å². The monoisotopic (exact) mass is 237 g/mol. The van der Waals surface area contributed by atoms with E-state index in [4.69, 9.17) is 0 Å². The van der Waals surface area contributed by atoms with E-state index < -0.39 is 0 Å². The van der Waals surface area contributed by atoms with Crippen LogP contribution in [-0.2, 0) is 0 Å². The Kier molecular flexibility index (Phi) is 2.53. The molecule has 0 spiro atoms. The van der Waals surface area contributed by atoms with Crippen LogP contribution in [0.25, 0.3) is 17.1 Å². The Hall–Kier alpha value is -2.62. The van der Waals surface area contributed by atoms with Gasteiger partial charge in [0, 0.05) is 5.69 Å². The van der Waals surface area contributed by atoms with Gasteiger partial charge in [-0.05, 0) is 24.3 Å². The van der Waals surface area contributed by atoms with Crippen LogP contribution in [0, 0.1) is 0 Å². The van der Waals surface area contributed by atoms with E-state index in [-0.39, 0.29) is 5.75 Å². The van der Waals surface area contributed by atoms with E-state index in [0.717, 1.165) is 5.69 Å². The van der Waals surface area contributed by atoms with E-state index in [1.807, 2.05) is 47.0 Å². The standard InChI is InChI=1S/C14H11N3O/c18-13-9-5-4-8-12(13)14-16-15-10-17(14)11-6-2-1-3-7-11/h1-10,18H. The van der Waals surface area contributed by atoms with Crippen molar-refractivity contribution in [1.82, 2.24) is 14.8 Å². The lowest BCUT2D eigenvalue weighted by Gasteiger charge is -2.07. The van der Waals surface area contributed by atoms with Crippen molar-refractivity contribution in [3.63, 3.8) is 0 Å². The average Bonchev–Trinajstić information content (AvgIpc) is 2.89. The van der Waals surface area contributed by atoms with Crippen molar-refractivity contribution in [3.8, 4) is 22.8 Å². The lowest BCUT2D eigenvalue weighted by molar-refractivity contribution is 0.476. The van der Waals surface area contributed by atoms with Gasteiger partial charge < -0.3 is 5.11 Å². The maximum Gasteiger partial charge on any atom is 0.172 e. The van der Waals surface area contributed by atoms with Gasteiger partial charge in [-0.25, -0.2) is 0 Å². The van der Waals surface area contributed by atoms with Crippen LogP contribution in [0.15, 0.2) is 60.9 Å². The second-order valence-electron chi connectivity index (χ2n) is 3.88. The molecule has 1 N–H and O–H groups in total. The molecule has 0 unspecified atom stereocenters. The highest BCUT2D eigenvalue weighted by Crippen LogP contribution is 2.28. The molecule has 3 rings (SSSR count). The molecule has 0 saturated heterocycles. The normalized spacial score (nSPS) is 10.4. The predicted molar refractivity (Wildman–Crippen MR) is 68.5 cm³/mol. The Morgan fingerprint density at radius 2 is 1.61 bits per heavy atom. The first-order chi connectivity index (χ1) is 8.86. The number of rotatable bonds is 2. The van der Waals surface area contributed by atoms with Gasteiger partial charge in [-0.2, -0.15) is 0 Å². The van der Waals surface area contributed by atoms with Gasteiger partial charge in [0.05, 0.1) is 5.56 Å². The number of phenolic OH excluding ortho intramolecular Hbond substituents is 1. The van der Waals surface area contributed by atoms with E-state index in [1.165, 1.54) is 0 Å². The summed E-state index contributed by atoms with van der Waals surface area (Å²) in [4.78, 5) is 0. The molecule has 1 heterocycles. The smallest absolute Gasteiger partial charge is 0.172 e. The molecule has 0 atom stereocenters. The maximum absolute atomic E-state index is 9.87. The fourth-order valence-corrected chi connectivity index (χ4v) is 1.86. The Labute approximate surface area is 104 Å². The van der Waals surface area contributed by atoms with Gasteiger partial charge in [-0.15, -0.1) is 10.2 Å². The summed E-state index contributed by atoms with van der Waals surface area (Å²) in [7, 11) is 0. The molecular weight excluding hydrogens is 226 g/mol. The number of nitrogens with zero attached hydrogens (tertiary/aromatic N) is 3. The number of para-hydroxylation sites is 2. The molecule has 3 aromatic rings. The summed E-state index contributed by atoms with van der Waals surface area (Å²) in [6.07, 6.45) is 1.64. The van der Waals surface area contributed by atoms with Crippen molar-refractivity contribution < 1.29 is 5.11 Å². The van der Waals surface area contributed by atoms with Gasteiger partial charge in [0.25, 0.3) is 0 Å². The zero-order valence-electron chi connectivity index (χ0n) is 9.56. The number of aromatic nitrogens is 3. The van der Waals surface area contributed by atoms with Gasteiger partial charge in [0.15, 0.2) is 5.82 Å². The van der Waals surface area contributed by atoms with Crippen molar-refractivity contribution in [1.29, 1.82) is 0 Å². The van der Waals surface area contributed by atoms with Crippen LogP contribution in [0.1, 0.15) is 0 Å². The minimum atomic E-state index is 0.197. The van der Waals surface area contributed by atoms with Crippen LogP contribution in [0.2, 0.25) is 0 Å². The molecular formula is C14H11N3O. The largest absolute Gasteiger partial charge is 0.507 e. The molecule has 4 nitrogen and oxygen atoms in total. The van der Waals surface area contributed by atoms with Crippen molar-refractivity contribution in [3.05, 3.63) is 60.9 Å². The van der Waals surface area contributed by atoms with Crippen molar-refractivity contribution in [2.24, 2.45) is 0 Å². The van der Waals surface area contributed by atoms with Gasteiger partial charge in [-0.1, -0.05) is 30.3 Å². The maximum atomic E-state index is 9.87.